The fourth-order valence-corrected chi connectivity index (χ4v) is 1.38. The summed E-state index contributed by atoms with van der Waals surface area (Å²) in [5.74, 6) is -1.33. The van der Waals surface area contributed by atoms with E-state index in [1.165, 1.54) is 7.11 Å². The summed E-state index contributed by atoms with van der Waals surface area (Å²) in [6.07, 6.45) is 1.54. The molecule has 5 heteroatoms. The van der Waals surface area contributed by atoms with Gasteiger partial charge in [-0.3, -0.25) is 0 Å². The minimum atomic E-state index is -0.780. The molecule has 1 aromatic rings. The van der Waals surface area contributed by atoms with Gasteiger partial charge in [-0.2, -0.15) is 0 Å². The first-order valence-corrected chi connectivity index (χ1v) is 5.76. The first-order valence-electron chi connectivity index (χ1n) is 5.76. The van der Waals surface area contributed by atoms with E-state index in [1.54, 1.807) is 0 Å². The highest BCUT2D eigenvalue weighted by Crippen LogP contribution is 2.03. The third-order valence-corrected chi connectivity index (χ3v) is 2.29. The van der Waals surface area contributed by atoms with Crippen LogP contribution in [0.15, 0.2) is 42.5 Å². The molecule has 5 nitrogen and oxygen atoms in total. The first-order chi connectivity index (χ1) is 9.11. The molecule has 0 amide bonds. The Bertz CT molecular complexity index is 438. The largest absolute Gasteiger partial charge is 0.466 e. The van der Waals surface area contributed by atoms with E-state index in [4.69, 9.17) is 4.74 Å². The molecule has 1 N–H and O–H groups in total. The summed E-state index contributed by atoms with van der Waals surface area (Å²) in [6, 6.07) is 9.37. The van der Waals surface area contributed by atoms with E-state index in [0.29, 0.717) is 6.42 Å². The summed E-state index contributed by atoms with van der Waals surface area (Å²) in [6.45, 7) is -0.126. The van der Waals surface area contributed by atoms with Gasteiger partial charge in [0.25, 0.3) is 0 Å². The minimum Gasteiger partial charge on any atom is -0.466 e. The molecule has 0 bridgehead atoms. The van der Waals surface area contributed by atoms with E-state index in [9.17, 15) is 14.7 Å². The number of hydrogen-bond acceptors (Lipinski definition) is 5. The Labute approximate surface area is 111 Å². The van der Waals surface area contributed by atoms with Crippen LogP contribution < -0.4 is 0 Å². The van der Waals surface area contributed by atoms with Crippen molar-refractivity contribution in [2.75, 3.05) is 13.7 Å². The van der Waals surface area contributed by atoms with Crippen molar-refractivity contribution in [2.24, 2.45) is 0 Å². The highest BCUT2D eigenvalue weighted by Gasteiger charge is 2.08. The SMILES string of the molecule is COC(=O)C=CC(=O)OCC(O)Cc1ccccc1. The van der Waals surface area contributed by atoms with Crippen molar-refractivity contribution in [1.29, 1.82) is 0 Å². The minimum absolute atomic E-state index is 0.126. The molecule has 0 saturated heterocycles. The van der Waals surface area contributed by atoms with Crippen molar-refractivity contribution in [3.63, 3.8) is 0 Å². The smallest absolute Gasteiger partial charge is 0.331 e. The summed E-state index contributed by atoms with van der Waals surface area (Å²) in [7, 11) is 1.21. The Balaban J connectivity index is 2.30. The molecule has 0 spiro atoms. The van der Waals surface area contributed by atoms with Crippen LogP contribution in [0.4, 0.5) is 0 Å². The molecule has 0 radical (unpaired) electrons. The molecule has 1 unspecified atom stereocenters. The van der Waals surface area contributed by atoms with Crippen molar-refractivity contribution in [3.05, 3.63) is 48.0 Å². The number of esters is 2. The van der Waals surface area contributed by atoms with Gasteiger partial charge < -0.3 is 14.6 Å². The average Bonchev–Trinajstić information content (AvgIpc) is 2.43. The number of rotatable bonds is 6. The summed E-state index contributed by atoms with van der Waals surface area (Å²) in [5, 5.41) is 9.68. The van der Waals surface area contributed by atoms with Gasteiger partial charge in [-0.1, -0.05) is 30.3 Å². The van der Waals surface area contributed by atoms with E-state index in [0.717, 1.165) is 17.7 Å². The molecule has 102 valence electrons. The van der Waals surface area contributed by atoms with Crippen LogP contribution in [0.25, 0.3) is 0 Å². The molecule has 1 aromatic carbocycles. The number of ether oxygens (including phenoxy) is 2. The Morgan fingerprint density at radius 2 is 1.84 bits per heavy atom. The van der Waals surface area contributed by atoms with Crippen molar-refractivity contribution < 1.29 is 24.2 Å². The van der Waals surface area contributed by atoms with E-state index < -0.39 is 18.0 Å². The summed E-state index contributed by atoms with van der Waals surface area (Å²) in [4.78, 5) is 21.9. The number of benzene rings is 1. The third kappa shape index (κ3) is 6.38. The van der Waals surface area contributed by atoms with Gasteiger partial charge in [0.15, 0.2) is 0 Å². The molecule has 1 atom stereocenters. The Morgan fingerprint density at radius 1 is 1.21 bits per heavy atom. The van der Waals surface area contributed by atoms with Gasteiger partial charge in [-0.15, -0.1) is 0 Å². The molecular weight excluding hydrogens is 248 g/mol. The van der Waals surface area contributed by atoms with Gasteiger partial charge >= 0.3 is 11.9 Å². The lowest BCUT2D eigenvalue weighted by molar-refractivity contribution is -0.141. The van der Waals surface area contributed by atoms with Gasteiger partial charge in [-0.25, -0.2) is 9.59 Å². The van der Waals surface area contributed by atoms with Gasteiger partial charge in [0.1, 0.15) is 6.61 Å². The maximum Gasteiger partial charge on any atom is 0.331 e. The van der Waals surface area contributed by atoms with E-state index in [-0.39, 0.29) is 6.61 Å². The van der Waals surface area contributed by atoms with Crippen LogP contribution in [-0.2, 0) is 25.5 Å². The van der Waals surface area contributed by atoms with Crippen LogP contribution in [0, 0.1) is 0 Å². The van der Waals surface area contributed by atoms with Crippen LogP contribution in [0.5, 0.6) is 0 Å². The second kappa shape index (κ2) is 8.05. The lowest BCUT2D eigenvalue weighted by atomic mass is 10.1. The quantitative estimate of drug-likeness (QED) is 0.609. The zero-order valence-corrected chi connectivity index (χ0v) is 10.6. The molecule has 0 saturated carbocycles. The van der Waals surface area contributed by atoms with E-state index >= 15 is 0 Å². The molecule has 0 aliphatic carbocycles. The van der Waals surface area contributed by atoms with Gasteiger partial charge in [0.2, 0.25) is 0 Å². The molecule has 0 aliphatic heterocycles. The molecule has 0 fully saturated rings. The number of aliphatic hydroxyl groups is 1. The molecular formula is C14H16O5. The first kappa shape index (κ1) is 14.9. The summed E-state index contributed by atoms with van der Waals surface area (Å²) >= 11 is 0. The molecule has 0 aliphatic rings. The maximum atomic E-state index is 11.2. The predicted molar refractivity (Wildman–Crippen MR) is 68.3 cm³/mol. The molecule has 1 rings (SSSR count). The van der Waals surface area contributed by atoms with Gasteiger partial charge in [0.05, 0.1) is 13.2 Å². The van der Waals surface area contributed by atoms with Gasteiger partial charge in [0, 0.05) is 18.6 Å². The molecule has 0 aromatic heterocycles. The number of hydrogen-bond donors (Lipinski definition) is 1. The zero-order chi connectivity index (χ0) is 14.1. The van der Waals surface area contributed by atoms with Crippen LogP contribution in [0.3, 0.4) is 0 Å². The van der Waals surface area contributed by atoms with Crippen molar-refractivity contribution in [3.8, 4) is 0 Å². The lowest BCUT2D eigenvalue weighted by Gasteiger charge is -2.10. The van der Waals surface area contributed by atoms with Crippen LogP contribution in [0.2, 0.25) is 0 Å². The fraction of sp³-hybridized carbons (Fsp3) is 0.286. The standard InChI is InChI=1S/C14H16O5/c1-18-13(16)7-8-14(17)19-10-12(15)9-11-5-3-2-4-6-11/h2-8,12,15H,9-10H2,1H3. The van der Waals surface area contributed by atoms with Gasteiger partial charge in [-0.05, 0) is 5.56 Å². The average molecular weight is 264 g/mol. The van der Waals surface area contributed by atoms with Crippen LogP contribution in [-0.4, -0.2) is 36.9 Å². The zero-order valence-electron chi connectivity index (χ0n) is 10.6. The van der Waals surface area contributed by atoms with E-state index in [1.807, 2.05) is 30.3 Å². The highest BCUT2D eigenvalue weighted by molar-refractivity contribution is 5.91. The topological polar surface area (TPSA) is 72.8 Å². The molecule has 19 heavy (non-hydrogen) atoms. The van der Waals surface area contributed by atoms with E-state index in [2.05, 4.69) is 4.74 Å². The number of carbonyl (C=O) groups excluding carboxylic acids is 2. The van der Waals surface area contributed by atoms with Crippen molar-refractivity contribution in [1.82, 2.24) is 0 Å². The Morgan fingerprint density at radius 3 is 2.47 bits per heavy atom. The van der Waals surface area contributed by atoms with Crippen molar-refractivity contribution in [2.45, 2.75) is 12.5 Å². The molecule has 0 heterocycles. The third-order valence-electron chi connectivity index (χ3n) is 2.29. The fourth-order valence-electron chi connectivity index (χ4n) is 1.38. The number of aliphatic hydroxyl groups excluding tert-OH is 1. The normalized spacial score (nSPS) is 12.1. The Kier molecular flexibility index (Phi) is 6.32. The summed E-state index contributed by atoms with van der Waals surface area (Å²) in [5.41, 5.74) is 0.955. The second-order valence-corrected chi connectivity index (χ2v) is 3.83. The Hall–Kier alpha value is -2.14. The second-order valence-electron chi connectivity index (χ2n) is 3.83. The van der Waals surface area contributed by atoms with Crippen LogP contribution >= 0.6 is 0 Å². The van der Waals surface area contributed by atoms with Crippen LogP contribution in [0.1, 0.15) is 5.56 Å². The highest BCUT2D eigenvalue weighted by atomic mass is 16.5. The number of carbonyl (C=O) groups is 2. The maximum absolute atomic E-state index is 11.2. The van der Waals surface area contributed by atoms with Crippen molar-refractivity contribution >= 4 is 11.9 Å². The predicted octanol–water partition coefficient (Wildman–Crippen LogP) is 0.862. The monoisotopic (exact) mass is 264 g/mol. The lowest BCUT2D eigenvalue weighted by Crippen LogP contribution is -2.20. The summed E-state index contributed by atoms with van der Waals surface area (Å²) < 4.78 is 9.11. The number of methoxy groups -OCH3 is 1.